The highest BCUT2D eigenvalue weighted by atomic mass is 16.5. The zero-order valence-corrected chi connectivity index (χ0v) is 26.1. The van der Waals surface area contributed by atoms with Gasteiger partial charge in [0.2, 0.25) is 0 Å². The summed E-state index contributed by atoms with van der Waals surface area (Å²) in [7, 11) is 0. The predicted molar refractivity (Wildman–Crippen MR) is 192 cm³/mol. The molecule has 1 aromatic heterocycles. The molecule has 0 saturated heterocycles. The molecule has 0 saturated carbocycles. The van der Waals surface area contributed by atoms with E-state index >= 15 is 0 Å². The van der Waals surface area contributed by atoms with Gasteiger partial charge in [-0.05, 0) is 102 Å². The molecule has 2 aliphatic rings. The Kier molecular flexibility index (Phi) is 5.14. The van der Waals surface area contributed by atoms with E-state index in [2.05, 4.69) is 136 Å². The van der Waals surface area contributed by atoms with Crippen LogP contribution in [0.3, 0.4) is 0 Å². The zero-order valence-electron chi connectivity index (χ0n) is 26.1. The molecular weight excluding hydrogens is 560 g/mol. The van der Waals surface area contributed by atoms with E-state index in [0.717, 1.165) is 33.3 Å². The minimum atomic E-state index is 0.0642. The molecule has 220 valence electrons. The van der Waals surface area contributed by atoms with Crippen LogP contribution in [-0.2, 0) is 5.41 Å². The van der Waals surface area contributed by atoms with E-state index in [1.165, 1.54) is 60.1 Å². The van der Waals surface area contributed by atoms with E-state index in [0.29, 0.717) is 0 Å². The summed E-state index contributed by atoms with van der Waals surface area (Å²) in [5, 5.41) is 10.0. The third-order valence-electron chi connectivity index (χ3n) is 10.3. The summed E-state index contributed by atoms with van der Waals surface area (Å²) in [6, 6.07) is 38.3. The first kappa shape index (κ1) is 25.9. The minimum Gasteiger partial charge on any atom is -0.485 e. The maximum Gasteiger partial charge on any atom is 0.136 e. The lowest BCUT2D eigenvalue weighted by Gasteiger charge is -2.23. The van der Waals surface area contributed by atoms with Crippen LogP contribution in [0.2, 0.25) is 0 Å². The van der Waals surface area contributed by atoms with Crippen molar-refractivity contribution >= 4 is 54.3 Å². The Morgan fingerprint density at radius 1 is 0.565 bits per heavy atom. The predicted octanol–water partition coefficient (Wildman–Crippen LogP) is 12.1. The SMILES string of the molecule is CC(C)(C)c1cc2ccc3c(-c4ccc5c(c4)OC4C=CC=CC54)cc(-c4ccc5c(c4)oc4ccccc45)c4ccc(c1)c2c34. The Labute approximate surface area is 267 Å². The van der Waals surface area contributed by atoms with Gasteiger partial charge in [-0.25, -0.2) is 0 Å². The molecule has 0 bridgehead atoms. The van der Waals surface area contributed by atoms with Gasteiger partial charge in [0.25, 0.3) is 0 Å². The van der Waals surface area contributed by atoms with Gasteiger partial charge in [0.15, 0.2) is 0 Å². The summed E-state index contributed by atoms with van der Waals surface area (Å²) in [6.45, 7) is 6.88. The van der Waals surface area contributed by atoms with Crippen LogP contribution < -0.4 is 4.74 Å². The van der Waals surface area contributed by atoms with Crippen LogP contribution in [0.5, 0.6) is 5.75 Å². The van der Waals surface area contributed by atoms with Crippen LogP contribution >= 0.6 is 0 Å². The number of hydrogen-bond donors (Lipinski definition) is 0. The van der Waals surface area contributed by atoms with Crippen molar-refractivity contribution < 1.29 is 9.15 Å². The summed E-state index contributed by atoms with van der Waals surface area (Å²) in [5.41, 5.74) is 9.26. The van der Waals surface area contributed by atoms with Crippen LogP contribution in [0.4, 0.5) is 0 Å². The Morgan fingerprint density at radius 3 is 2.02 bits per heavy atom. The fourth-order valence-electron chi connectivity index (χ4n) is 7.93. The highest BCUT2D eigenvalue weighted by Gasteiger charge is 2.32. The number of fused-ring (bicyclic) bond motifs is 6. The standard InChI is InChI=1S/C44H32O2/c1-44(2,3)29-20-27-14-18-34-36(25-12-16-32-30-8-4-6-10-38(30)45-40(32)22-25)24-37(35-19-15-28(21-29)42(27)43(34)35)26-13-17-33-31-9-5-7-11-39(31)46-41(33)23-26/h4-24,30,38H,1-3H3. The van der Waals surface area contributed by atoms with Crippen molar-refractivity contribution in [2.75, 3.05) is 0 Å². The van der Waals surface area contributed by atoms with Gasteiger partial charge in [-0.15, -0.1) is 0 Å². The number of hydrogen-bond acceptors (Lipinski definition) is 2. The van der Waals surface area contributed by atoms with E-state index in [4.69, 9.17) is 9.15 Å². The number of furan rings is 1. The van der Waals surface area contributed by atoms with E-state index < -0.39 is 0 Å². The number of benzene rings is 7. The lowest BCUT2D eigenvalue weighted by atomic mass is 9.81. The smallest absolute Gasteiger partial charge is 0.136 e. The van der Waals surface area contributed by atoms with E-state index in [9.17, 15) is 0 Å². The summed E-state index contributed by atoms with van der Waals surface area (Å²) in [4.78, 5) is 0. The van der Waals surface area contributed by atoms with Crippen molar-refractivity contribution in [2.45, 2.75) is 38.2 Å². The maximum atomic E-state index is 6.48. The van der Waals surface area contributed by atoms with E-state index in [1.54, 1.807) is 0 Å². The molecule has 7 aromatic carbocycles. The molecule has 0 fully saturated rings. The summed E-state index contributed by atoms with van der Waals surface area (Å²) < 4.78 is 12.9. The molecular formula is C44H32O2. The van der Waals surface area contributed by atoms with Crippen molar-refractivity contribution in [3.63, 3.8) is 0 Å². The summed E-state index contributed by atoms with van der Waals surface area (Å²) in [6.07, 6.45) is 8.71. The first-order chi connectivity index (χ1) is 22.4. The second-order valence-corrected chi connectivity index (χ2v) is 14.1. The van der Waals surface area contributed by atoms with E-state index in [-0.39, 0.29) is 17.4 Å². The van der Waals surface area contributed by atoms with Gasteiger partial charge in [0, 0.05) is 22.3 Å². The quantitative estimate of drug-likeness (QED) is 0.186. The van der Waals surface area contributed by atoms with Crippen LogP contribution in [0.25, 0.3) is 76.5 Å². The molecule has 1 aliphatic heterocycles. The first-order valence-corrected chi connectivity index (χ1v) is 16.2. The third-order valence-corrected chi connectivity index (χ3v) is 10.3. The molecule has 2 nitrogen and oxygen atoms in total. The molecule has 0 N–H and O–H groups in total. The van der Waals surface area contributed by atoms with Gasteiger partial charge < -0.3 is 9.15 Å². The normalized spacial score (nSPS) is 17.5. The Bertz CT molecular complexity index is 2590. The zero-order chi connectivity index (χ0) is 30.7. The van der Waals surface area contributed by atoms with Crippen molar-refractivity contribution in [3.05, 3.63) is 139 Å². The van der Waals surface area contributed by atoms with Crippen molar-refractivity contribution in [2.24, 2.45) is 0 Å². The fraction of sp³-hybridized carbons (Fsp3) is 0.136. The largest absolute Gasteiger partial charge is 0.485 e. The van der Waals surface area contributed by atoms with Gasteiger partial charge in [0.1, 0.15) is 23.0 Å². The number of rotatable bonds is 2. The van der Waals surface area contributed by atoms with Crippen LogP contribution in [0.1, 0.15) is 37.8 Å². The van der Waals surface area contributed by atoms with Crippen LogP contribution in [-0.4, -0.2) is 6.10 Å². The maximum absolute atomic E-state index is 6.48. The molecule has 2 heterocycles. The average Bonchev–Trinajstić information content (AvgIpc) is 3.63. The van der Waals surface area contributed by atoms with Crippen molar-refractivity contribution in [3.8, 4) is 28.0 Å². The average molecular weight is 593 g/mol. The molecule has 2 unspecified atom stereocenters. The van der Waals surface area contributed by atoms with E-state index in [1.807, 2.05) is 12.1 Å². The first-order valence-electron chi connectivity index (χ1n) is 16.2. The summed E-state index contributed by atoms with van der Waals surface area (Å²) in [5.74, 6) is 1.26. The van der Waals surface area contributed by atoms with Gasteiger partial charge in [0.05, 0.1) is 0 Å². The lowest BCUT2D eigenvalue weighted by molar-refractivity contribution is 0.269. The molecule has 10 rings (SSSR count). The molecule has 2 atom stereocenters. The monoisotopic (exact) mass is 592 g/mol. The minimum absolute atomic E-state index is 0.0642. The molecule has 0 spiro atoms. The number of para-hydroxylation sites is 1. The Morgan fingerprint density at radius 2 is 1.24 bits per heavy atom. The number of allylic oxidation sites excluding steroid dienone is 2. The highest BCUT2D eigenvalue weighted by molar-refractivity contribution is 6.28. The fourth-order valence-corrected chi connectivity index (χ4v) is 7.93. The lowest BCUT2D eigenvalue weighted by Crippen LogP contribution is -2.15. The van der Waals surface area contributed by atoms with Crippen LogP contribution in [0.15, 0.2) is 132 Å². The van der Waals surface area contributed by atoms with Crippen molar-refractivity contribution in [1.29, 1.82) is 0 Å². The second kappa shape index (κ2) is 9.11. The van der Waals surface area contributed by atoms with Gasteiger partial charge >= 0.3 is 0 Å². The Hall–Kier alpha value is -5.34. The molecule has 0 amide bonds. The van der Waals surface area contributed by atoms with Gasteiger partial charge in [-0.2, -0.15) is 0 Å². The second-order valence-electron chi connectivity index (χ2n) is 14.1. The summed E-state index contributed by atoms with van der Waals surface area (Å²) >= 11 is 0. The molecule has 1 aliphatic carbocycles. The van der Waals surface area contributed by atoms with Crippen molar-refractivity contribution in [1.82, 2.24) is 0 Å². The molecule has 2 heteroatoms. The number of ether oxygens (including phenoxy) is 1. The van der Waals surface area contributed by atoms with Gasteiger partial charge in [-0.1, -0.05) is 112 Å². The molecule has 0 radical (unpaired) electrons. The highest BCUT2D eigenvalue weighted by Crippen LogP contribution is 2.48. The van der Waals surface area contributed by atoms with Crippen LogP contribution in [0, 0.1) is 0 Å². The Balaban J connectivity index is 1.27. The molecule has 46 heavy (non-hydrogen) atoms. The van der Waals surface area contributed by atoms with Gasteiger partial charge in [-0.3, -0.25) is 0 Å². The molecule has 8 aromatic rings. The third kappa shape index (κ3) is 3.64. The topological polar surface area (TPSA) is 22.4 Å².